The summed E-state index contributed by atoms with van der Waals surface area (Å²) in [6.07, 6.45) is -19.6. The van der Waals surface area contributed by atoms with E-state index in [-0.39, 0.29) is 18.1 Å². The minimum absolute atomic E-state index is 0.103. The van der Waals surface area contributed by atoms with Gasteiger partial charge in [-0.25, -0.2) is 4.39 Å². The Labute approximate surface area is 179 Å². The van der Waals surface area contributed by atoms with E-state index in [4.69, 9.17) is 0 Å². The fourth-order valence-corrected chi connectivity index (χ4v) is 3.31. The molecule has 2 aromatic rings. The van der Waals surface area contributed by atoms with E-state index in [1.165, 1.54) is 6.92 Å². The van der Waals surface area contributed by atoms with Crippen LogP contribution in [0.2, 0.25) is 0 Å². The molecule has 1 atom stereocenters. The monoisotopic (exact) mass is 498 g/mol. The number of ether oxygens (including phenoxy) is 1. The number of hydrogen-bond acceptors (Lipinski definition) is 1. The normalized spacial score (nSPS) is 15.3. The number of rotatable bonds is 5. The number of para-hydroxylation sites is 1. The quantitative estimate of drug-likeness (QED) is 0.379. The second-order valence-electron chi connectivity index (χ2n) is 6.97. The summed E-state index contributed by atoms with van der Waals surface area (Å²) in [5.74, 6) is -8.21. The molecular weight excluding hydrogens is 484 g/mol. The summed E-state index contributed by atoms with van der Waals surface area (Å²) in [6, 6.07) is 4.34. The van der Waals surface area contributed by atoms with E-state index in [9.17, 15) is 48.3 Å². The van der Waals surface area contributed by atoms with E-state index in [1.807, 2.05) is 0 Å². The summed E-state index contributed by atoms with van der Waals surface area (Å²) in [6.45, 7) is 2.25. The minimum atomic E-state index is -6.99. The van der Waals surface area contributed by atoms with Gasteiger partial charge in [0.25, 0.3) is 0 Å². The molecule has 0 radical (unpaired) electrons. The molecule has 0 aliphatic heterocycles. The molecule has 2 aromatic carbocycles. The first kappa shape index (κ1) is 26.7. The van der Waals surface area contributed by atoms with Gasteiger partial charge in [0, 0.05) is 11.1 Å². The highest BCUT2D eigenvalue weighted by Crippen LogP contribution is 2.60. The van der Waals surface area contributed by atoms with Crippen LogP contribution in [0.4, 0.5) is 52.7 Å². The van der Waals surface area contributed by atoms with Crippen LogP contribution >= 0.6 is 0 Å². The standard InChI is InChI=1S/C20H14F12O/c1-3-11-8-10(2)9-13(16(21,18(24,25)26)17(22,23)19(27,28)29)15(11)12-6-4-5-7-14(12)33-20(30,31)32/h4-9H,3H2,1-2H3. The Hall–Kier alpha value is -2.60. The molecule has 184 valence electrons. The average Bonchev–Trinajstić information content (AvgIpc) is 2.64. The maximum absolute atomic E-state index is 15.4. The predicted octanol–water partition coefficient (Wildman–Crippen LogP) is 8.05. The van der Waals surface area contributed by atoms with Gasteiger partial charge < -0.3 is 4.74 Å². The van der Waals surface area contributed by atoms with Crippen LogP contribution in [0, 0.1) is 6.92 Å². The zero-order chi connectivity index (χ0) is 25.6. The number of alkyl halides is 12. The van der Waals surface area contributed by atoms with Crippen molar-refractivity contribution in [1.82, 2.24) is 0 Å². The maximum atomic E-state index is 15.4. The van der Waals surface area contributed by atoms with Gasteiger partial charge in [-0.15, -0.1) is 13.2 Å². The zero-order valence-corrected chi connectivity index (χ0v) is 16.6. The van der Waals surface area contributed by atoms with Gasteiger partial charge >= 0.3 is 30.3 Å². The lowest BCUT2D eigenvalue weighted by Gasteiger charge is -2.38. The Morgan fingerprint density at radius 3 is 1.76 bits per heavy atom. The van der Waals surface area contributed by atoms with Crippen molar-refractivity contribution in [3.8, 4) is 16.9 Å². The molecule has 0 aliphatic carbocycles. The number of benzene rings is 2. The van der Waals surface area contributed by atoms with Crippen molar-refractivity contribution in [2.75, 3.05) is 0 Å². The van der Waals surface area contributed by atoms with Crippen molar-refractivity contribution in [2.45, 2.75) is 50.6 Å². The Morgan fingerprint density at radius 2 is 1.30 bits per heavy atom. The topological polar surface area (TPSA) is 9.23 Å². The molecule has 1 nitrogen and oxygen atoms in total. The molecular formula is C20H14F12O. The van der Waals surface area contributed by atoms with Crippen LogP contribution in [0.25, 0.3) is 11.1 Å². The third-order valence-electron chi connectivity index (χ3n) is 4.68. The molecule has 0 N–H and O–H groups in total. The van der Waals surface area contributed by atoms with Crippen molar-refractivity contribution in [1.29, 1.82) is 0 Å². The molecule has 0 saturated carbocycles. The van der Waals surface area contributed by atoms with E-state index in [1.54, 1.807) is 0 Å². The predicted molar refractivity (Wildman–Crippen MR) is 92.5 cm³/mol. The van der Waals surface area contributed by atoms with Crippen molar-refractivity contribution >= 4 is 0 Å². The van der Waals surface area contributed by atoms with Crippen LogP contribution < -0.4 is 4.74 Å². The van der Waals surface area contributed by atoms with Gasteiger partial charge in [0.1, 0.15) is 5.75 Å². The SMILES string of the molecule is CCc1cc(C)cc(C(F)(C(F)(F)F)C(F)(F)C(F)(F)F)c1-c1ccccc1OC(F)(F)F. The summed E-state index contributed by atoms with van der Waals surface area (Å²) in [4.78, 5) is 0. The first-order valence-electron chi connectivity index (χ1n) is 8.97. The first-order valence-corrected chi connectivity index (χ1v) is 8.97. The highest BCUT2D eigenvalue weighted by atomic mass is 19.4. The molecule has 0 aliphatic rings. The van der Waals surface area contributed by atoms with Gasteiger partial charge in [-0.2, -0.15) is 35.1 Å². The van der Waals surface area contributed by atoms with E-state index in [0.717, 1.165) is 25.1 Å². The molecule has 2 rings (SSSR count). The van der Waals surface area contributed by atoms with Crippen LogP contribution in [0.15, 0.2) is 36.4 Å². The van der Waals surface area contributed by atoms with E-state index < -0.39 is 58.3 Å². The second kappa shape index (κ2) is 8.32. The molecule has 13 heteroatoms. The van der Waals surface area contributed by atoms with E-state index >= 15 is 4.39 Å². The van der Waals surface area contributed by atoms with Crippen LogP contribution in [-0.2, 0) is 12.1 Å². The largest absolute Gasteiger partial charge is 0.573 e. The number of aryl methyl sites for hydroxylation is 2. The van der Waals surface area contributed by atoms with Gasteiger partial charge in [0.05, 0.1) is 0 Å². The molecule has 0 amide bonds. The van der Waals surface area contributed by atoms with Gasteiger partial charge in [0.2, 0.25) is 0 Å². The third-order valence-corrected chi connectivity index (χ3v) is 4.68. The van der Waals surface area contributed by atoms with Crippen molar-refractivity contribution in [2.24, 2.45) is 0 Å². The molecule has 0 aromatic heterocycles. The lowest BCUT2D eigenvalue weighted by molar-refractivity contribution is -0.389. The molecule has 0 spiro atoms. The smallest absolute Gasteiger partial charge is 0.405 e. The molecule has 1 unspecified atom stereocenters. The lowest BCUT2D eigenvalue weighted by Crippen LogP contribution is -2.60. The minimum Gasteiger partial charge on any atom is -0.405 e. The summed E-state index contributed by atoms with van der Waals surface area (Å²) in [5.41, 5.74) is -11.4. The fraction of sp³-hybridized carbons (Fsp3) is 0.400. The highest BCUT2D eigenvalue weighted by molar-refractivity contribution is 5.78. The van der Waals surface area contributed by atoms with Crippen molar-refractivity contribution in [3.63, 3.8) is 0 Å². The zero-order valence-electron chi connectivity index (χ0n) is 16.6. The van der Waals surface area contributed by atoms with Gasteiger partial charge in [0.15, 0.2) is 0 Å². The fourth-order valence-electron chi connectivity index (χ4n) is 3.31. The summed E-state index contributed by atoms with van der Waals surface area (Å²) < 4.78 is 166. The Balaban J connectivity index is 3.08. The summed E-state index contributed by atoms with van der Waals surface area (Å²) >= 11 is 0. The Bertz CT molecular complexity index is 1000. The van der Waals surface area contributed by atoms with Crippen LogP contribution in [0.1, 0.15) is 23.6 Å². The van der Waals surface area contributed by atoms with Gasteiger partial charge in [-0.05, 0) is 30.5 Å². The maximum Gasteiger partial charge on any atom is 0.573 e. The summed E-state index contributed by atoms with van der Waals surface area (Å²) in [5, 5.41) is 0. The number of halogens is 12. The number of hydrogen-bond donors (Lipinski definition) is 0. The second-order valence-corrected chi connectivity index (χ2v) is 6.97. The molecule has 33 heavy (non-hydrogen) atoms. The molecule has 0 heterocycles. The van der Waals surface area contributed by atoms with E-state index in [2.05, 4.69) is 4.74 Å². The van der Waals surface area contributed by atoms with Crippen LogP contribution in [0.5, 0.6) is 5.75 Å². The Morgan fingerprint density at radius 1 is 0.758 bits per heavy atom. The summed E-state index contributed by atoms with van der Waals surface area (Å²) in [7, 11) is 0. The van der Waals surface area contributed by atoms with Crippen LogP contribution in [0.3, 0.4) is 0 Å². The van der Waals surface area contributed by atoms with Crippen LogP contribution in [-0.4, -0.2) is 24.6 Å². The Kier molecular flexibility index (Phi) is 6.72. The molecule has 0 saturated heterocycles. The molecule has 0 fully saturated rings. The average molecular weight is 498 g/mol. The van der Waals surface area contributed by atoms with Gasteiger partial charge in [-0.1, -0.05) is 42.8 Å². The first-order chi connectivity index (χ1) is 14.8. The highest BCUT2D eigenvalue weighted by Gasteiger charge is 2.82. The van der Waals surface area contributed by atoms with Gasteiger partial charge in [-0.3, -0.25) is 0 Å². The third kappa shape index (κ3) is 4.72. The molecule has 0 bridgehead atoms. The lowest BCUT2D eigenvalue weighted by atomic mass is 9.79. The van der Waals surface area contributed by atoms with E-state index in [0.29, 0.717) is 12.1 Å². The van der Waals surface area contributed by atoms with Crippen molar-refractivity contribution in [3.05, 3.63) is 53.1 Å². The van der Waals surface area contributed by atoms with Crippen molar-refractivity contribution < 1.29 is 57.4 Å².